The van der Waals surface area contributed by atoms with Crippen molar-refractivity contribution in [3.8, 4) is 0 Å². The molecule has 1 N–H and O–H groups in total. The van der Waals surface area contributed by atoms with Gasteiger partial charge in [-0.25, -0.2) is 0 Å². The fraction of sp³-hybridized carbons (Fsp3) is 0.250. The van der Waals surface area contributed by atoms with Gasteiger partial charge in [0.2, 0.25) is 5.91 Å². The molecule has 0 atom stereocenters. The molecule has 0 aliphatic rings. The number of carbonyl (C=O) groups excluding carboxylic acids is 2. The van der Waals surface area contributed by atoms with Crippen molar-refractivity contribution in [3.63, 3.8) is 0 Å². The average Bonchev–Trinajstić information content (AvgIpc) is 2.49. The summed E-state index contributed by atoms with van der Waals surface area (Å²) in [5.41, 5.74) is 1.00. The van der Waals surface area contributed by atoms with Gasteiger partial charge in [-0.05, 0) is 24.1 Å². The number of ether oxygens (including phenoxy) is 1. The van der Waals surface area contributed by atoms with Gasteiger partial charge in [-0.2, -0.15) is 0 Å². The topological polar surface area (TPSA) is 55.4 Å². The second-order valence-corrected chi connectivity index (χ2v) is 4.68. The maximum atomic E-state index is 11.4. The Morgan fingerprint density at radius 1 is 1.24 bits per heavy atom. The van der Waals surface area contributed by atoms with Gasteiger partial charge < -0.3 is 10.1 Å². The van der Waals surface area contributed by atoms with Crippen LogP contribution in [0.3, 0.4) is 0 Å². The lowest BCUT2D eigenvalue weighted by Gasteiger charge is -2.00. The number of hydrogen-bond donors (Lipinski definition) is 1. The Balaban J connectivity index is 2.24. The van der Waals surface area contributed by atoms with E-state index in [4.69, 9.17) is 11.6 Å². The molecule has 0 radical (unpaired) electrons. The van der Waals surface area contributed by atoms with Gasteiger partial charge in [-0.15, -0.1) is 0 Å². The van der Waals surface area contributed by atoms with Crippen LogP contribution in [0.4, 0.5) is 0 Å². The molecule has 21 heavy (non-hydrogen) atoms. The molecule has 0 aliphatic carbocycles. The number of carbonyl (C=O) groups is 2. The minimum atomic E-state index is -0.273. The molecular weight excluding hydrogens is 290 g/mol. The van der Waals surface area contributed by atoms with Crippen LogP contribution in [0.2, 0.25) is 5.02 Å². The molecule has 5 heteroatoms. The quantitative estimate of drug-likeness (QED) is 0.365. The molecule has 1 amide bonds. The highest BCUT2D eigenvalue weighted by atomic mass is 35.5. The predicted octanol–water partition coefficient (Wildman–Crippen LogP) is 2.98. The average molecular weight is 308 g/mol. The summed E-state index contributed by atoms with van der Waals surface area (Å²) in [5.74, 6) is -0.466. The Hall–Kier alpha value is -2.07. The molecule has 0 heterocycles. The molecule has 0 bridgehead atoms. The number of methoxy groups -OCH3 is 1. The van der Waals surface area contributed by atoms with E-state index >= 15 is 0 Å². The molecule has 112 valence electrons. The van der Waals surface area contributed by atoms with Crippen LogP contribution in [0.5, 0.6) is 0 Å². The van der Waals surface area contributed by atoms with E-state index in [1.165, 1.54) is 13.2 Å². The number of allylic oxidation sites excluding steroid dienone is 2. The monoisotopic (exact) mass is 307 g/mol. The number of nitrogens with one attached hydrogen (secondary N) is 1. The Morgan fingerprint density at radius 3 is 2.62 bits per heavy atom. The van der Waals surface area contributed by atoms with Crippen LogP contribution >= 0.6 is 11.6 Å². The zero-order valence-corrected chi connectivity index (χ0v) is 12.6. The minimum Gasteiger partial charge on any atom is -0.469 e. The fourth-order valence-electron chi connectivity index (χ4n) is 1.49. The highest BCUT2D eigenvalue weighted by Gasteiger charge is 1.99. The number of benzene rings is 1. The van der Waals surface area contributed by atoms with Crippen molar-refractivity contribution in [1.82, 2.24) is 5.32 Å². The summed E-state index contributed by atoms with van der Waals surface area (Å²) >= 11 is 5.78. The fourth-order valence-corrected chi connectivity index (χ4v) is 1.61. The van der Waals surface area contributed by atoms with Crippen LogP contribution in [0.15, 0.2) is 42.5 Å². The maximum Gasteiger partial charge on any atom is 0.305 e. The zero-order valence-electron chi connectivity index (χ0n) is 11.8. The molecule has 1 aromatic rings. The summed E-state index contributed by atoms with van der Waals surface area (Å²) in [6.07, 6.45) is 7.60. The van der Waals surface area contributed by atoms with Crippen molar-refractivity contribution >= 4 is 29.6 Å². The largest absolute Gasteiger partial charge is 0.469 e. The SMILES string of the molecule is COC(=O)CCCNC(=O)C=CC=Cc1ccc(Cl)cc1. The van der Waals surface area contributed by atoms with Crippen molar-refractivity contribution in [1.29, 1.82) is 0 Å². The van der Waals surface area contributed by atoms with Crippen molar-refractivity contribution < 1.29 is 14.3 Å². The predicted molar refractivity (Wildman–Crippen MR) is 83.9 cm³/mol. The summed E-state index contributed by atoms with van der Waals surface area (Å²) in [5, 5.41) is 3.37. The third kappa shape index (κ3) is 7.95. The molecule has 0 saturated carbocycles. The van der Waals surface area contributed by atoms with Crippen LogP contribution in [0.1, 0.15) is 18.4 Å². The second kappa shape index (κ2) is 9.77. The summed E-state index contributed by atoms with van der Waals surface area (Å²) in [6, 6.07) is 7.39. The lowest BCUT2D eigenvalue weighted by Crippen LogP contribution is -2.22. The Morgan fingerprint density at radius 2 is 1.95 bits per heavy atom. The Bertz CT molecular complexity index is 521. The van der Waals surface area contributed by atoms with E-state index < -0.39 is 0 Å². The van der Waals surface area contributed by atoms with Crippen molar-refractivity contribution in [2.75, 3.05) is 13.7 Å². The lowest BCUT2D eigenvalue weighted by atomic mass is 10.2. The normalized spacial score (nSPS) is 11.0. The van der Waals surface area contributed by atoms with E-state index in [0.29, 0.717) is 24.4 Å². The van der Waals surface area contributed by atoms with Crippen molar-refractivity contribution in [3.05, 3.63) is 53.1 Å². The molecule has 0 unspecified atom stereocenters. The first kappa shape index (κ1) is 17.0. The number of amides is 1. The van der Waals surface area contributed by atoms with E-state index in [1.807, 2.05) is 18.2 Å². The minimum absolute atomic E-state index is 0.194. The smallest absolute Gasteiger partial charge is 0.305 e. The molecule has 1 rings (SSSR count). The first-order valence-electron chi connectivity index (χ1n) is 6.57. The second-order valence-electron chi connectivity index (χ2n) is 4.24. The number of esters is 1. The molecule has 1 aromatic carbocycles. The van der Waals surface area contributed by atoms with E-state index in [9.17, 15) is 9.59 Å². The van der Waals surface area contributed by atoms with Crippen molar-refractivity contribution in [2.45, 2.75) is 12.8 Å². The van der Waals surface area contributed by atoms with E-state index in [0.717, 1.165) is 5.56 Å². The number of rotatable bonds is 7. The molecule has 4 nitrogen and oxygen atoms in total. The summed E-state index contributed by atoms with van der Waals surface area (Å²) < 4.78 is 4.50. The van der Waals surface area contributed by atoms with Gasteiger partial charge in [0.1, 0.15) is 0 Å². The van der Waals surface area contributed by atoms with Gasteiger partial charge in [0.15, 0.2) is 0 Å². The molecule has 0 spiro atoms. The van der Waals surface area contributed by atoms with E-state index in [1.54, 1.807) is 24.3 Å². The Labute approximate surface area is 129 Å². The van der Waals surface area contributed by atoms with Crippen LogP contribution in [-0.2, 0) is 14.3 Å². The maximum absolute atomic E-state index is 11.4. The molecule has 0 aromatic heterocycles. The third-order valence-corrected chi connectivity index (χ3v) is 2.85. The van der Waals surface area contributed by atoms with Crippen LogP contribution in [0.25, 0.3) is 6.08 Å². The van der Waals surface area contributed by atoms with Gasteiger partial charge in [-0.3, -0.25) is 9.59 Å². The van der Waals surface area contributed by atoms with E-state index in [-0.39, 0.29) is 11.9 Å². The lowest BCUT2D eigenvalue weighted by molar-refractivity contribution is -0.140. The van der Waals surface area contributed by atoms with Gasteiger partial charge in [0.25, 0.3) is 0 Å². The highest BCUT2D eigenvalue weighted by molar-refractivity contribution is 6.30. The standard InChI is InChI=1S/C16H18ClNO3/c1-21-16(20)7-4-12-18-15(19)6-3-2-5-13-8-10-14(17)11-9-13/h2-3,5-6,8-11H,4,7,12H2,1H3,(H,18,19). The number of hydrogen-bond acceptors (Lipinski definition) is 3. The van der Waals surface area contributed by atoms with Crippen molar-refractivity contribution in [2.24, 2.45) is 0 Å². The first-order chi connectivity index (χ1) is 10.1. The molecule has 0 fully saturated rings. The van der Waals surface area contributed by atoms with E-state index in [2.05, 4.69) is 10.1 Å². The van der Waals surface area contributed by atoms with Crippen LogP contribution < -0.4 is 5.32 Å². The first-order valence-corrected chi connectivity index (χ1v) is 6.94. The van der Waals surface area contributed by atoms with Crippen LogP contribution in [0, 0.1) is 0 Å². The summed E-state index contributed by atoms with van der Waals surface area (Å²) in [4.78, 5) is 22.3. The summed E-state index contributed by atoms with van der Waals surface area (Å²) in [6.45, 7) is 0.444. The van der Waals surface area contributed by atoms with Gasteiger partial charge in [0.05, 0.1) is 7.11 Å². The zero-order chi connectivity index (χ0) is 15.5. The summed E-state index contributed by atoms with van der Waals surface area (Å²) in [7, 11) is 1.34. The van der Waals surface area contributed by atoms with Gasteiger partial charge in [0, 0.05) is 24.1 Å². The van der Waals surface area contributed by atoms with Crippen LogP contribution in [-0.4, -0.2) is 25.5 Å². The highest BCUT2D eigenvalue weighted by Crippen LogP contribution is 2.10. The Kier molecular flexibility index (Phi) is 7.90. The van der Waals surface area contributed by atoms with Gasteiger partial charge in [-0.1, -0.05) is 42.0 Å². The van der Waals surface area contributed by atoms with Gasteiger partial charge >= 0.3 is 5.97 Å². The third-order valence-electron chi connectivity index (χ3n) is 2.60. The molecular formula is C16H18ClNO3. The number of halogens is 1. The molecule has 0 saturated heterocycles. The molecule has 0 aliphatic heterocycles.